The van der Waals surface area contributed by atoms with Gasteiger partial charge in [0, 0.05) is 58.0 Å². The zero-order valence-corrected chi connectivity index (χ0v) is 23.7. The van der Waals surface area contributed by atoms with Crippen molar-refractivity contribution in [2.75, 3.05) is 39.3 Å². The lowest BCUT2D eigenvalue weighted by molar-refractivity contribution is -0.130. The van der Waals surface area contributed by atoms with Crippen LogP contribution >= 0.6 is 0 Å². The van der Waals surface area contributed by atoms with Crippen molar-refractivity contribution in [1.29, 1.82) is 0 Å². The van der Waals surface area contributed by atoms with Gasteiger partial charge in [0.05, 0.1) is 11.7 Å². The maximum Gasteiger partial charge on any atom is 0.320 e. The van der Waals surface area contributed by atoms with E-state index in [0.717, 1.165) is 17.1 Å². The molecule has 2 heterocycles. The summed E-state index contributed by atoms with van der Waals surface area (Å²) >= 11 is 0. The Morgan fingerprint density at radius 3 is 2.10 bits per heavy atom. The van der Waals surface area contributed by atoms with Crippen LogP contribution in [0.15, 0.2) is 66.9 Å². The standard InChI is InChI=1S/C31H42N6O2/c1-24(38)34-18-20-35(21-19-34)30(39)37(17-11-16-32)28(31(2,3)4)29-33-27(26-14-9-6-10-15-26)23-36(29)22-25-12-7-5-8-13-25/h5-10,12-15,23,28H,11,16-22,32H2,1-4H3/t28-/m0/s1. The Labute approximate surface area is 232 Å². The normalized spacial score (nSPS) is 14.8. The molecular weight excluding hydrogens is 488 g/mol. The average molecular weight is 531 g/mol. The smallest absolute Gasteiger partial charge is 0.320 e. The fraction of sp³-hybridized carbons (Fsp3) is 0.452. The highest BCUT2D eigenvalue weighted by Gasteiger charge is 2.40. The molecule has 0 radical (unpaired) electrons. The van der Waals surface area contributed by atoms with E-state index in [0.29, 0.717) is 52.2 Å². The summed E-state index contributed by atoms with van der Waals surface area (Å²) in [6.45, 7) is 11.9. The van der Waals surface area contributed by atoms with Gasteiger partial charge in [-0.1, -0.05) is 81.4 Å². The number of nitrogens with zero attached hydrogens (tertiary/aromatic N) is 5. The molecule has 208 valence electrons. The number of imidazole rings is 1. The Morgan fingerprint density at radius 2 is 1.54 bits per heavy atom. The van der Waals surface area contributed by atoms with Crippen LogP contribution < -0.4 is 5.73 Å². The van der Waals surface area contributed by atoms with Gasteiger partial charge in [0.25, 0.3) is 0 Å². The van der Waals surface area contributed by atoms with Crippen molar-refractivity contribution in [1.82, 2.24) is 24.3 Å². The zero-order valence-electron chi connectivity index (χ0n) is 23.7. The van der Waals surface area contributed by atoms with E-state index in [2.05, 4.69) is 55.8 Å². The third-order valence-corrected chi connectivity index (χ3v) is 7.29. The first kappa shape index (κ1) is 28.4. The molecule has 3 amide bonds. The first-order valence-corrected chi connectivity index (χ1v) is 13.9. The molecule has 0 unspecified atom stereocenters. The highest BCUT2D eigenvalue weighted by atomic mass is 16.2. The SMILES string of the molecule is CC(=O)N1CCN(C(=O)N(CCCN)[C@@H](c2nc(-c3ccccc3)cn2Cc2ccccc2)C(C)(C)C)CC1. The number of benzene rings is 2. The van der Waals surface area contributed by atoms with E-state index < -0.39 is 0 Å². The summed E-state index contributed by atoms with van der Waals surface area (Å²) in [6, 6.07) is 20.2. The number of urea groups is 1. The fourth-order valence-electron chi connectivity index (χ4n) is 5.29. The number of carbonyl (C=O) groups excluding carboxylic acids is 2. The topological polar surface area (TPSA) is 87.7 Å². The van der Waals surface area contributed by atoms with E-state index in [1.54, 1.807) is 11.8 Å². The minimum Gasteiger partial charge on any atom is -0.339 e. The Hall–Kier alpha value is -3.65. The van der Waals surface area contributed by atoms with E-state index in [4.69, 9.17) is 10.7 Å². The highest BCUT2D eigenvalue weighted by molar-refractivity contribution is 5.77. The number of aromatic nitrogens is 2. The summed E-state index contributed by atoms with van der Waals surface area (Å²) in [5.74, 6) is 0.906. The highest BCUT2D eigenvalue weighted by Crippen LogP contribution is 2.39. The van der Waals surface area contributed by atoms with E-state index in [1.165, 1.54) is 5.56 Å². The maximum atomic E-state index is 14.2. The van der Waals surface area contributed by atoms with Crippen molar-refractivity contribution in [3.05, 3.63) is 78.2 Å². The minimum atomic E-state index is -0.306. The van der Waals surface area contributed by atoms with Gasteiger partial charge in [-0.3, -0.25) is 4.79 Å². The van der Waals surface area contributed by atoms with Crippen LogP contribution in [0.3, 0.4) is 0 Å². The number of hydrogen-bond donors (Lipinski definition) is 1. The second kappa shape index (κ2) is 12.5. The van der Waals surface area contributed by atoms with Gasteiger partial charge >= 0.3 is 6.03 Å². The Morgan fingerprint density at radius 1 is 0.949 bits per heavy atom. The molecule has 3 aromatic rings. The lowest BCUT2D eigenvalue weighted by Crippen LogP contribution is -2.55. The quantitative estimate of drug-likeness (QED) is 0.460. The summed E-state index contributed by atoms with van der Waals surface area (Å²) in [4.78, 5) is 36.9. The van der Waals surface area contributed by atoms with Gasteiger partial charge in [-0.2, -0.15) is 0 Å². The number of rotatable bonds is 8. The van der Waals surface area contributed by atoms with Crippen LogP contribution in [0.4, 0.5) is 4.79 Å². The van der Waals surface area contributed by atoms with Crippen molar-refractivity contribution < 1.29 is 9.59 Å². The van der Waals surface area contributed by atoms with Crippen molar-refractivity contribution in [3.8, 4) is 11.3 Å². The summed E-state index contributed by atoms with van der Waals surface area (Å²) in [5.41, 5.74) is 8.74. The van der Waals surface area contributed by atoms with E-state index in [9.17, 15) is 9.59 Å². The number of amides is 3. The molecule has 0 saturated carbocycles. The van der Waals surface area contributed by atoms with E-state index >= 15 is 0 Å². The largest absolute Gasteiger partial charge is 0.339 e. The Balaban J connectivity index is 1.76. The van der Waals surface area contributed by atoms with Gasteiger partial charge in [0.2, 0.25) is 5.91 Å². The van der Waals surface area contributed by atoms with Crippen molar-refractivity contribution in [2.24, 2.45) is 11.1 Å². The van der Waals surface area contributed by atoms with Gasteiger partial charge in [0.1, 0.15) is 5.82 Å². The van der Waals surface area contributed by atoms with E-state index in [-0.39, 0.29) is 23.4 Å². The van der Waals surface area contributed by atoms with Gasteiger partial charge in [-0.05, 0) is 23.9 Å². The van der Waals surface area contributed by atoms with Gasteiger partial charge in [0.15, 0.2) is 0 Å². The summed E-state index contributed by atoms with van der Waals surface area (Å²) in [5, 5.41) is 0. The molecule has 1 atom stereocenters. The van der Waals surface area contributed by atoms with Crippen LogP contribution in [-0.4, -0.2) is 75.5 Å². The minimum absolute atomic E-state index is 0.0258. The van der Waals surface area contributed by atoms with Crippen LogP contribution in [0.1, 0.15) is 51.5 Å². The third kappa shape index (κ3) is 6.87. The molecule has 39 heavy (non-hydrogen) atoms. The van der Waals surface area contributed by atoms with Crippen LogP contribution in [0.5, 0.6) is 0 Å². The number of hydrogen-bond acceptors (Lipinski definition) is 4. The fourth-order valence-corrected chi connectivity index (χ4v) is 5.29. The van der Waals surface area contributed by atoms with Crippen molar-refractivity contribution in [2.45, 2.75) is 46.7 Å². The first-order valence-electron chi connectivity index (χ1n) is 13.9. The zero-order chi connectivity index (χ0) is 28.0. The lowest BCUT2D eigenvalue weighted by atomic mass is 9.84. The Bertz CT molecular complexity index is 1230. The number of piperazine rings is 1. The van der Waals surface area contributed by atoms with Crippen LogP contribution in [0, 0.1) is 5.41 Å². The molecule has 0 aliphatic carbocycles. The molecule has 8 nitrogen and oxygen atoms in total. The monoisotopic (exact) mass is 530 g/mol. The molecule has 0 spiro atoms. The maximum absolute atomic E-state index is 14.2. The second-order valence-electron chi connectivity index (χ2n) is 11.3. The molecule has 1 aliphatic rings. The predicted molar refractivity (Wildman–Crippen MR) is 155 cm³/mol. The lowest BCUT2D eigenvalue weighted by Gasteiger charge is -2.44. The predicted octanol–water partition coefficient (Wildman–Crippen LogP) is 4.62. The van der Waals surface area contributed by atoms with Crippen LogP contribution in [-0.2, 0) is 11.3 Å². The average Bonchev–Trinajstić information content (AvgIpc) is 3.33. The summed E-state index contributed by atoms with van der Waals surface area (Å²) < 4.78 is 2.20. The van der Waals surface area contributed by atoms with Crippen molar-refractivity contribution in [3.63, 3.8) is 0 Å². The third-order valence-electron chi connectivity index (χ3n) is 7.29. The molecule has 1 saturated heterocycles. The number of carbonyl (C=O) groups is 2. The van der Waals surface area contributed by atoms with Crippen LogP contribution in [0.25, 0.3) is 11.3 Å². The van der Waals surface area contributed by atoms with Crippen LogP contribution in [0.2, 0.25) is 0 Å². The molecule has 0 bridgehead atoms. The summed E-state index contributed by atoms with van der Waals surface area (Å²) in [7, 11) is 0. The Kier molecular flexibility index (Phi) is 9.07. The molecule has 1 aromatic heterocycles. The molecule has 1 fully saturated rings. The van der Waals surface area contributed by atoms with Crippen molar-refractivity contribution >= 4 is 11.9 Å². The number of nitrogens with two attached hydrogens (primary N) is 1. The van der Waals surface area contributed by atoms with E-state index in [1.807, 2.05) is 46.2 Å². The molecule has 1 aliphatic heterocycles. The molecule has 8 heteroatoms. The van der Waals surface area contributed by atoms with Gasteiger partial charge in [-0.15, -0.1) is 0 Å². The molecule has 4 rings (SSSR count). The molecule has 2 N–H and O–H groups in total. The summed E-state index contributed by atoms with van der Waals surface area (Å²) in [6.07, 6.45) is 2.80. The van der Waals surface area contributed by atoms with Gasteiger partial charge < -0.3 is 25.0 Å². The van der Waals surface area contributed by atoms with Gasteiger partial charge in [-0.25, -0.2) is 9.78 Å². The molecular formula is C31H42N6O2. The first-order chi connectivity index (χ1) is 18.7. The molecule has 2 aromatic carbocycles. The second-order valence-corrected chi connectivity index (χ2v) is 11.3.